The van der Waals surface area contributed by atoms with Gasteiger partial charge in [-0.3, -0.25) is 4.90 Å². The molecule has 5 nitrogen and oxygen atoms in total. The lowest BCUT2D eigenvalue weighted by atomic mass is 10.1. The number of fused-ring (bicyclic) bond motifs is 3. The van der Waals surface area contributed by atoms with Crippen LogP contribution in [0.4, 0.5) is 9.93 Å². The average Bonchev–Trinajstić information content (AvgIpc) is 3.12. The van der Waals surface area contributed by atoms with E-state index in [2.05, 4.69) is 17.2 Å². The molecular formula is C17H17N3O2S. The molecule has 1 N–H and O–H groups in total. The molecule has 1 aromatic carbocycles. The smallest absolute Gasteiger partial charge is 0.324 e. The molecule has 0 saturated carbocycles. The summed E-state index contributed by atoms with van der Waals surface area (Å²) >= 11 is 1.54. The minimum Gasteiger partial charge on any atom is -0.493 e. The quantitative estimate of drug-likeness (QED) is 0.819. The molecular weight excluding hydrogens is 310 g/mol. The number of hydrogen-bond acceptors (Lipinski definition) is 4. The van der Waals surface area contributed by atoms with E-state index < -0.39 is 0 Å². The maximum atomic E-state index is 12.5. The molecule has 1 saturated heterocycles. The topological polar surface area (TPSA) is 54.5 Å². The summed E-state index contributed by atoms with van der Waals surface area (Å²) in [5.74, 6) is 7.00. The van der Waals surface area contributed by atoms with Gasteiger partial charge in [-0.05, 0) is 32.4 Å². The lowest BCUT2D eigenvalue weighted by molar-refractivity contribution is 0.234. The predicted octanol–water partition coefficient (Wildman–Crippen LogP) is 2.93. The molecule has 0 unspecified atom stereocenters. The van der Waals surface area contributed by atoms with Gasteiger partial charge in [0, 0.05) is 18.0 Å². The second-order valence-electron chi connectivity index (χ2n) is 5.85. The van der Waals surface area contributed by atoms with E-state index in [1.54, 1.807) is 11.8 Å². The van der Waals surface area contributed by atoms with Gasteiger partial charge in [-0.25, -0.2) is 9.78 Å². The molecule has 2 atom stereocenters. The number of nitrogens with zero attached hydrogens (tertiary/aromatic N) is 2. The van der Waals surface area contributed by atoms with Crippen LogP contribution in [0.3, 0.4) is 0 Å². The maximum absolute atomic E-state index is 12.5. The second kappa shape index (κ2) is 5.43. The number of carbonyl (C=O) groups excluding carboxylic acids is 1. The van der Waals surface area contributed by atoms with Crippen molar-refractivity contribution in [3.63, 3.8) is 0 Å². The first-order valence-electron chi connectivity index (χ1n) is 7.74. The Morgan fingerprint density at radius 2 is 2.35 bits per heavy atom. The molecule has 118 valence electrons. The highest BCUT2D eigenvalue weighted by Gasteiger charge is 2.34. The van der Waals surface area contributed by atoms with E-state index in [1.807, 2.05) is 19.1 Å². The fourth-order valence-electron chi connectivity index (χ4n) is 3.19. The first-order valence-corrected chi connectivity index (χ1v) is 8.56. The number of anilines is 1. The molecule has 0 spiro atoms. The number of urea groups is 1. The lowest BCUT2D eigenvalue weighted by Crippen LogP contribution is -2.55. The highest BCUT2D eigenvalue weighted by atomic mass is 32.1. The van der Waals surface area contributed by atoms with Crippen LogP contribution in [0.5, 0.6) is 5.75 Å². The molecule has 2 aliphatic rings. The molecule has 1 fully saturated rings. The Bertz CT molecular complexity index is 849. The molecule has 0 radical (unpaired) electrons. The van der Waals surface area contributed by atoms with Crippen LogP contribution in [0, 0.1) is 11.8 Å². The molecule has 0 aliphatic carbocycles. The zero-order chi connectivity index (χ0) is 16.0. The molecule has 0 bridgehead atoms. The monoisotopic (exact) mass is 327 g/mol. The average molecular weight is 327 g/mol. The number of nitrogens with one attached hydrogen (secondary N) is 1. The standard InChI is InChI=1S/C17H17N3O2S/c1-3-4-11-9-10(2)18-16(21)20(11)17-19-15-12-7-8-22-13(12)5-6-14(15)23-17/h5-6,10-11H,7-9H2,1-2H3,(H,18,21)/t10-,11+/m0/s1. The van der Waals surface area contributed by atoms with Gasteiger partial charge < -0.3 is 10.1 Å². The molecule has 23 heavy (non-hydrogen) atoms. The minimum absolute atomic E-state index is 0.122. The van der Waals surface area contributed by atoms with Crippen molar-refractivity contribution in [3.8, 4) is 17.6 Å². The van der Waals surface area contributed by atoms with Gasteiger partial charge in [-0.1, -0.05) is 17.3 Å². The van der Waals surface area contributed by atoms with E-state index in [0.29, 0.717) is 11.7 Å². The summed E-state index contributed by atoms with van der Waals surface area (Å²) in [6.07, 6.45) is 1.67. The Morgan fingerprint density at radius 3 is 3.17 bits per heavy atom. The van der Waals surface area contributed by atoms with Gasteiger partial charge in [0.25, 0.3) is 0 Å². The van der Waals surface area contributed by atoms with Crippen LogP contribution >= 0.6 is 11.3 Å². The number of aromatic nitrogens is 1. The van der Waals surface area contributed by atoms with Gasteiger partial charge in [0.05, 0.1) is 16.8 Å². The van der Waals surface area contributed by atoms with Crippen LogP contribution < -0.4 is 15.0 Å². The third-order valence-corrected chi connectivity index (χ3v) is 5.24. The number of rotatable bonds is 1. The highest BCUT2D eigenvalue weighted by molar-refractivity contribution is 7.22. The van der Waals surface area contributed by atoms with E-state index in [4.69, 9.17) is 9.72 Å². The Labute approximate surface area is 138 Å². The van der Waals surface area contributed by atoms with E-state index >= 15 is 0 Å². The van der Waals surface area contributed by atoms with Crippen LogP contribution in [0.15, 0.2) is 12.1 Å². The number of thiazole rings is 1. The molecule has 6 heteroatoms. The predicted molar refractivity (Wildman–Crippen MR) is 91.1 cm³/mol. The van der Waals surface area contributed by atoms with Crippen molar-refractivity contribution in [3.05, 3.63) is 17.7 Å². The van der Waals surface area contributed by atoms with Crippen molar-refractivity contribution in [1.29, 1.82) is 0 Å². The summed E-state index contributed by atoms with van der Waals surface area (Å²) in [6.45, 7) is 4.51. The number of amides is 2. The first kappa shape index (κ1) is 14.3. The summed E-state index contributed by atoms with van der Waals surface area (Å²) in [7, 11) is 0. The summed E-state index contributed by atoms with van der Waals surface area (Å²) in [5, 5.41) is 3.68. The summed E-state index contributed by atoms with van der Waals surface area (Å²) in [4.78, 5) is 18.9. The molecule has 1 aromatic heterocycles. The van der Waals surface area contributed by atoms with Crippen LogP contribution in [0.25, 0.3) is 10.2 Å². The molecule has 4 rings (SSSR count). The Balaban J connectivity index is 1.80. The van der Waals surface area contributed by atoms with Gasteiger partial charge in [-0.15, -0.1) is 5.92 Å². The number of hydrogen-bond donors (Lipinski definition) is 1. The third kappa shape index (κ3) is 2.32. The summed E-state index contributed by atoms with van der Waals surface area (Å²) in [5.41, 5.74) is 2.10. The minimum atomic E-state index is -0.131. The highest BCUT2D eigenvalue weighted by Crippen LogP contribution is 2.38. The third-order valence-electron chi connectivity index (χ3n) is 4.22. The fraction of sp³-hybridized carbons (Fsp3) is 0.412. The van der Waals surface area contributed by atoms with E-state index in [1.165, 1.54) is 11.3 Å². The summed E-state index contributed by atoms with van der Waals surface area (Å²) < 4.78 is 6.69. The molecule has 2 aliphatic heterocycles. The van der Waals surface area contributed by atoms with E-state index in [-0.39, 0.29) is 18.1 Å². The van der Waals surface area contributed by atoms with Gasteiger partial charge in [0.1, 0.15) is 11.8 Å². The maximum Gasteiger partial charge on any atom is 0.324 e. The van der Waals surface area contributed by atoms with Gasteiger partial charge in [0.2, 0.25) is 0 Å². The van der Waals surface area contributed by atoms with Crippen LogP contribution in [0.1, 0.15) is 25.8 Å². The van der Waals surface area contributed by atoms with Crippen molar-refractivity contribution >= 4 is 32.7 Å². The first-order chi connectivity index (χ1) is 11.2. The molecule has 2 amide bonds. The van der Waals surface area contributed by atoms with Gasteiger partial charge in [-0.2, -0.15) is 0 Å². The van der Waals surface area contributed by atoms with Crippen LogP contribution in [-0.2, 0) is 6.42 Å². The number of carbonyl (C=O) groups is 1. The van der Waals surface area contributed by atoms with Crippen LogP contribution in [-0.4, -0.2) is 29.7 Å². The second-order valence-corrected chi connectivity index (χ2v) is 6.86. The van der Waals surface area contributed by atoms with Crippen molar-refractivity contribution < 1.29 is 9.53 Å². The van der Waals surface area contributed by atoms with Crippen molar-refractivity contribution in [2.75, 3.05) is 11.5 Å². The Morgan fingerprint density at radius 1 is 1.48 bits per heavy atom. The fourth-order valence-corrected chi connectivity index (χ4v) is 4.24. The number of ether oxygens (including phenoxy) is 1. The Kier molecular flexibility index (Phi) is 3.38. The van der Waals surface area contributed by atoms with Gasteiger partial charge >= 0.3 is 6.03 Å². The zero-order valence-electron chi connectivity index (χ0n) is 13.0. The van der Waals surface area contributed by atoms with Crippen molar-refractivity contribution in [1.82, 2.24) is 10.3 Å². The number of benzene rings is 1. The van der Waals surface area contributed by atoms with Gasteiger partial charge in [0.15, 0.2) is 5.13 Å². The van der Waals surface area contributed by atoms with Crippen molar-refractivity contribution in [2.24, 2.45) is 0 Å². The SMILES string of the molecule is CC#C[C@@H]1C[C@H](C)NC(=O)N1c1nc2c3c(ccc2s1)OCC3. The molecule has 3 heterocycles. The van der Waals surface area contributed by atoms with E-state index in [9.17, 15) is 4.79 Å². The van der Waals surface area contributed by atoms with Crippen molar-refractivity contribution in [2.45, 2.75) is 38.8 Å². The largest absolute Gasteiger partial charge is 0.493 e. The Hall–Kier alpha value is -2.26. The lowest BCUT2D eigenvalue weighted by Gasteiger charge is -2.34. The molecule has 2 aromatic rings. The zero-order valence-corrected chi connectivity index (χ0v) is 13.9. The van der Waals surface area contributed by atoms with Crippen LogP contribution in [0.2, 0.25) is 0 Å². The summed E-state index contributed by atoms with van der Waals surface area (Å²) in [6, 6.07) is 3.88. The normalized spacial score (nSPS) is 23.0. The van der Waals surface area contributed by atoms with E-state index in [0.717, 1.165) is 34.4 Å².